The Hall–Kier alpha value is -2.08. The van der Waals surface area contributed by atoms with E-state index < -0.39 is 0 Å². The average Bonchev–Trinajstić information content (AvgIpc) is 2.70. The molecule has 0 aliphatic carbocycles. The standard InChI is InChI=1S/C22H27ClN2O3/c1-16-6-5-7-17(2)22(16)28-15-21(26)24-14-20(25-10-12-27-13-11-25)18-8-3-4-9-19(18)23/h3-9,20H,10-15H2,1-2H3,(H,24,26)/t20-/m1/s1. The molecule has 2 aromatic rings. The maximum Gasteiger partial charge on any atom is 0.258 e. The Morgan fingerprint density at radius 2 is 1.82 bits per heavy atom. The van der Waals surface area contributed by atoms with E-state index in [0.29, 0.717) is 24.8 Å². The summed E-state index contributed by atoms with van der Waals surface area (Å²) in [6.45, 7) is 7.41. The van der Waals surface area contributed by atoms with Crippen LogP contribution in [0.1, 0.15) is 22.7 Å². The average molecular weight is 403 g/mol. The van der Waals surface area contributed by atoms with E-state index in [0.717, 1.165) is 35.5 Å². The highest BCUT2D eigenvalue weighted by molar-refractivity contribution is 6.31. The van der Waals surface area contributed by atoms with Crippen molar-refractivity contribution in [3.8, 4) is 5.75 Å². The number of halogens is 1. The number of amides is 1. The first-order valence-electron chi connectivity index (χ1n) is 9.58. The molecule has 1 N–H and O–H groups in total. The molecule has 1 fully saturated rings. The third kappa shape index (κ3) is 5.25. The first-order chi connectivity index (χ1) is 13.6. The molecule has 1 aliphatic heterocycles. The quantitative estimate of drug-likeness (QED) is 0.769. The predicted octanol–water partition coefficient (Wildman–Crippen LogP) is 3.53. The summed E-state index contributed by atoms with van der Waals surface area (Å²) in [7, 11) is 0. The number of hydrogen-bond acceptors (Lipinski definition) is 4. The molecule has 1 amide bonds. The van der Waals surface area contributed by atoms with Gasteiger partial charge in [0.15, 0.2) is 6.61 Å². The number of aryl methyl sites for hydroxylation is 2. The van der Waals surface area contributed by atoms with E-state index in [2.05, 4.69) is 10.2 Å². The van der Waals surface area contributed by atoms with Crippen molar-refractivity contribution in [3.63, 3.8) is 0 Å². The number of nitrogens with zero attached hydrogens (tertiary/aromatic N) is 1. The van der Waals surface area contributed by atoms with Gasteiger partial charge < -0.3 is 14.8 Å². The van der Waals surface area contributed by atoms with Crippen molar-refractivity contribution in [1.29, 1.82) is 0 Å². The van der Waals surface area contributed by atoms with Crippen LogP contribution in [0.2, 0.25) is 5.02 Å². The second kappa shape index (κ2) is 9.92. The number of hydrogen-bond donors (Lipinski definition) is 1. The third-order valence-electron chi connectivity index (χ3n) is 5.00. The van der Waals surface area contributed by atoms with Gasteiger partial charge in [-0.1, -0.05) is 48.0 Å². The highest BCUT2D eigenvalue weighted by Gasteiger charge is 2.25. The second-order valence-corrected chi connectivity index (χ2v) is 7.41. The smallest absolute Gasteiger partial charge is 0.258 e. The van der Waals surface area contributed by atoms with Crippen molar-refractivity contribution >= 4 is 17.5 Å². The molecule has 1 saturated heterocycles. The molecular weight excluding hydrogens is 376 g/mol. The van der Waals surface area contributed by atoms with Crippen molar-refractivity contribution in [2.45, 2.75) is 19.9 Å². The van der Waals surface area contributed by atoms with Crippen LogP contribution in [0.5, 0.6) is 5.75 Å². The summed E-state index contributed by atoms with van der Waals surface area (Å²) in [5, 5.41) is 3.72. The first-order valence-corrected chi connectivity index (χ1v) is 9.96. The van der Waals surface area contributed by atoms with E-state index in [4.69, 9.17) is 21.1 Å². The van der Waals surface area contributed by atoms with Gasteiger partial charge in [-0.15, -0.1) is 0 Å². The Morgan fingerprint density at radius 3 is 2.50 bits per heavy atom. The number of rotatable bonds is 7. The van der Waals surface area contributed by atoms with Crippen LogP contribution in [0.4, 0.5) is 0 Å². The maximum atomic E-state index is 12.4. The molecule has 0 aromatic heterocycles. The van der Waals surface area contributed by atoms with Gasteiger partial charge in [0.05, 0.1) is 19.3 Å². The number of morpholine rings is 1. The van der Waals surface area contributed by atoms with Crippen molar-refractivity contribution in [2.24, 2.45) is 0 Å². The van der Waals surface area contributed by atoms with E-state index in [1.807, 2.05) is 56.3 Å². The summed E-state index contributed by atoms with van der Waals surface area (Å²) in [5.41, 5.74) is 3.06. The zero-order valence-electron chi connectivity index (χ0n) is 16.4. The molecule has 0 unspecified atom stereocenters. The van der Waals surface area contributed by atoms with Gasteiger partial charge in [0.25, 0.3) is 5.91 Å². The fourth-order valence-corrected chi connectivity index (χ4v) is 3.76. The minimum atomic E-state index is -0.145. The molecule has 0 bridgehead atoms. The SMILES string of the molecule is Cc1cccc(C)c1OCC(=O)NC[C@H](c1ccccc1Cl)N1CCOCC1. The second-order valence-electron chi connectivity index (χ2n) is 7.00. The Kier molecular flexibility index (Phi) is 7.31. The largest absolute Gasteiger partial charge is 0.483 e. The monoisotopic (exact) mass is 402 g/mol. The molecular formula is C22H27ClN2O3. The summed E-state index contributed by atoms with van der Waals surface area (Å²) in [5.74, 6) is 0.626. The van der Waals surface area contributed by atoms with Crippen LogP contribution in [-0.2, 0) is 9.53 Å². The Balaban J connectivity index is 1.63. The number of carbonyl (C=O) groups is 1. The molecule has 1 atom stereocenters. The van der Waals surface area contributed by atoms with E-state index in [1.165, 1.54) is 0 Å². The van der Waals surface area contributed by atoms with E-state index in [1.54, 1.807) is 0 Å². The van der Waals surface area contributed by atoms with Crippen LogP contribution in [0.15, 0.2) is 42.5 Å². The summed E-state index contributed by atoms with van der Waals surface area (Å²) >= 11 is 6.43. The summed E-state index contributed by atoms with van der Waals surface area (Å²) in [6, 6.07) is 13.7. The lowest BCUT2D eigenvalue weighted by Gasteiger charge is -2.35. The minimum absolute atomic E-state index is 0.00162. The summed E-state index contributed by atoms with van der Waals surface area (Å²) in [4.78, 5) is 14.7. The predicted molar refractivity (Wildman–Crippen MR) is 111 cm³/mol. The van der Waals surface area contributed by atoms with Gasteiger partial charge in [-0.3, -0.25) is 9.69 Å². The highest BCUT2D eigenvalue weighted by Crippen LogP contribution is 2.28. The highest BCUT2D eigenvalue weighted by atomic mass is 35.5. The van der Waals surface area contributed by atoms with Crippen LogP contribution in [-0.4, -0.2) is 50.3 Å². The molecule has 28 heavy (non-hydrogen) atoms. The van der Waals surface area contributed by atoms with Crippen LogP contribution >= 0.6 is 11.6 Å². The van der Waals surface area contributed by atoms with Gasteiger partial charge >= 0.3 is 0 Å². The van der Waals surface area contributed by atoms with Crippen LogP contribution < -0.4 is 10.1 Å². The number of benzene rings is 2. The molecule has 1 heterocycles. The molecule has 1 aliphatic rings. The van der Waals surface area contributed by atoms with E-state index in [9.17, 15) is 4.79 Å². The van der Waals surface area contributed by atoms with E-state index >= 15 is 0 Å². The minimum Gasteiger partial charge on any atom is -0.483 e. The molecule has 0 saturated carbocycles. The molecule has 6 heteroatoms. The van der Waals surface area contributed by atoms with Gasteiger partial charge in [0.2, 0.25) is 0 Å². The molecule has 150 valence electrons. The number of nitrogens with one attached hydrogen (secondary N) is 1. The van der Waals surface area contributed by atoms with Crippen molar-refractivity contribution in [3.05, 3.63) is 64.2 Å². The molecule has 5 nitrogen and oxygen atoms in total. The number of ether oxygens (including phenoxy) is 2. The van der Waals surface area contributed by atoms with Crippen molar-refractivity contribution in [1.82, 2.24) is 10.2 Å². The lowest BCUT2D eigenvalue weighted by atomic mass is 10.0. The first kappa shape index (κ1) is 20.6. The molecule has 0 radical (unpaired) electrons. The zero-order chi connectivity index (χ0) is 19.9. The molecule has 0 spiro atoms. The van der Waals surface area contributed by atoms with Crippen LogP contribution in [0.25, 0.3) is 0 Å². The van der Waals surface area contributed by atoms with Crippen LogP contribution in [0, 0.1) is 13.8 Å². The Labute approximate surface area is 171 Å². The van der Waals surface area contributed by atoms with Crippen molar-refractivity contribution in [2.75, 3.05) is 39.5 Å². The zero-order valence-corrected chi connectivity index (χ0v) is 17.2. The fourth-order valence-electron chi connectivity index (χ4n) is 3.50. The van der Waals surface area contributed by atoms with Gasteiger partial charge in [0, 0.05) is 24.7 Å². The topological polar surface area (TPSA) is 50.8 Å². The lowest BCUT2D eigenvalue weighted by Crippen LogP contribution is -2.44. The Bertz CT molecular complexity index is 786. The van der Waals surface area contributed by atoms with E-state index in [-0.39, 0.29) is 18.6 Å². The summed E-state index contributed by atoms with van der Waals surface area (Å²) in [6.07, 6.45) is 0. The normalized spacial score (nSPS) is 15.8. The fraction of sp³-hybridized carbons (Fsp3) is 0.409. The number of para-hydroxylation sites is 1. The van der Waals surface area contributed by atoms with Gasteiger partial charge in [-0.25, -0.2) is 0 Å². The molecule has 3 rings (SSSR count). The lowest BCUT2D eigenvalue weighted by molar-refractivity contribution is -0.123. The summed E-state index contributed by atoms with van der Waals surface area (Å²) < 4.78 is 11.2. The Morgan fingerprint density at radius 1 is 1.14 bits per heavy atom. The van der Waals surface area contributed by atoms with Gasteiger partial charge in [0.1, 0.15) is 5.75 Å². The van der Waals surface area contributed by atoms with Gasteiger partial charge in [-0.05, 0) is 36.6 Å². The van der Waals surface area contributed by atoms with Crippen LogP contribution in [0.3, 0.4) is 0 Å². The number of carbonyl (C=O) groups excluding carboxylic acids is 1. The van der Waals surface area contributed by atoms with Crippen molar-refractivity contribution < 1.29 is 14.3 Å². The van der Waals surface area contributed by atoms with Gasteiger partial charge in [-0.2, -0.15) is 0 Å². The molecule has 2 aromatic carbocycles. The maximum absolute atomic E-state index is 12.4. The third-order valence-corrected chi connectivity index (χ3v) is 5.34.